The Morgan fingerprint density at radius 2 is 1.86 bits per heavy atom. The molecule has 2 fully saturated rings. The number of anilines is 1. The molecule has 0 bridgehead atoms. The van der Waals surface area contributed by atoms with E-state index in [0.29, 0.717) is 22.8 Å². The molecule has 3 rings (SSSR count). The maximum Gasteiger partial charge on any atom is 0.440 e. The molecule has 0 unspecified atom stereocenters. The topological polar surface area (TPSA) is 78.5 Å². The van der Waals surface area contributed by atoms with Crippen molar-refractivity contribution in [2.45, 2.75) is 63.7 Å². The lowest BCUT2D eigenvalue weighted by atomic mass is 9.86. The third-order valence-electron chi connectivity index (χ3n) is 5.63. The highest BCUT2D eigenvalue weighted by Crippen LogP contribution is 2.37. The number of benzene rings is 1. The van der Waals surface area contributed by atoms with Gasteiger partial charge in [0.05, 0.1) is 5.69 Å². The van der Waals surface area contributed by atoms with Gasteiger partial charge in [-0.1, -0.05) is 50.3 Å². The second kappa shape index (κ2) is 8.04. The number of nitrogens with one attached hydrogen (secondary N) is 2. The van der Waals surface area contributed by atoms with Crippen LogP contribution in [0.3, 0.4) is 0 Å². The largest absolute Gasteiger partial charge is 0.440 e. The lowest BCUT2D eigenvalue weighted by Crippen LogP contribution is -2.69. The van der Waals surface area contributed by atoms with E-state index in [-0.39, 0.29) is 12.1 Å². The molecule has 2 aliphatic rings. The van der Waals surface area contributed by atoms with E-state index in [1.165, 1.54) is 12.1 Å². The predicted molar refractivity (Wildman–Crippen MR) is 99.9 cm³/mol. The zero-order chi connectivity index (χ0) is 21.2. The van der Waals surface area contributed by atoms with Gasteiger partial charge in [0.15, 0.2) is 0 Å². The zero-order valence-corrected chi connectivity index (χ0v) is 16.1. The molecule has 1 aromatic carbocycles. The summed E-state index contributed by atoms with van der Waals surface area (Å²) in [6.07, 6.45) is 0.284. The van der Waals surface area contributed by atoms with Crippen LogP contribution in [0.5, 0.6) is 0 Å². The van der Waals surface area contributed by atoms with E-state index in [9.17, 15) is 27.6 Å². The first-order chi connectivity index (χ1) is 13.7. The van der Waals surface area contributed by atoms with Gasteiger partial charge < -0.3 is 5.32 Å². The van der Waals surface area contributed by atoms with Crippen LogP contribution in [0.25, 0.3) is 0 Å². The normalized spacial score (nSPS) is 23.2. The van der Waals surface area contributed by atoms with Crippen LogP contribution in [0.2, 0.25) is 0 Å². The Balaban J connectivity index is 1.80. The van der Waals surface area contributed by atoms with Gasteiger partial charge in [-0.3, -0.25) is 14.9 Å². The van der Waals surface area contributed by atoms with Crippen molar-refractivity contribution in [1.82, 2.24) is 10.6 Å². The van der Waals surface area contributed by atoms with Crippen LogP contribution in [0.4, 0.5) is 23.7 Å². The molecule has 158 valence electrons. The molecule has 9 heteroatoms. The average Bonchev–Trinajstić information content (AvgIpc) is 2.92. The number of hydrogen-bond acceptors (Lipinski definition) is 3. The molecule has 1 heterocycles. The molecule has 1 atom stereocenters. The number of aryl methyl sites for hydroxylation is 1. The van der Waals surface area contributed by atoms with E-state index in [1.807, 2.05) is 0 Å². The smallest absolute Gasteiger partial charge is 0.318 e. The number of nitrogens with zero attached hydrogens (tertiary/aromatic N) is 1. The van der Waals surface area contributed by atoms with E-state index in [4.69, 9.17) is 0 Å². The van der Waals surface area contributed by atoms with Crippen LogP contribution < -0.4 is 15.5 Å². The molecule has 0 aromatic heterocycles. The van der Waals surface area contributed by atoms with Crippen molar-refractivity contribution in [2.75, 3.05) is 4.90 Å². The number of carbonyl (C=O) groups is 3. The molecule has 4 amide bonds. The summed E-state index contributed by atoms with van der Waals surface area (Å²) < 4.78 is 41.7. The number of amides is 4. The SMILES string of the molecule is Cc1ccccc1N1C(=O)N[C@](NC(=O)CCC2CCCCC2)(C(F)(F)F)C1=O. The van der Waals surface area contributed by atoms with Gasteiger partial charge in [0.2, 0.25) is 5.91 Å². The fourth-order valence-corrected chi connectivity index (χ4v) is 3.99. The van der Waals surface area contributed by atoms with Crippen LogP contribution in [-0.4, -0.2) is 29.7 Å². The summed E-state index contributed by atoms with van der Waals surface area (Å²) in [7, 11) is 0. The first-order valence-corrected chi connectivity index (χ1v) is 9.76. The average molecular weight is 411 g/mol. The quantitative estimate of drug-likeness (QED) is 0.724. The summed E-state index contributed by atoms with van der Waals surface area (Å²) >= 11 is 0. The molecule has 2 N–H and O–H groups in total. The number of rotatable bonds is 5. The minimum atomic E-state index is -5.20. The molecule has 6 nitrogen and oxygen atoms in total. The molecule has 1 aromatic rings. The van der Waals surface area contributed by atoms with Crippen LogP contribution in [0, 0.1) is 12.8 Å². The van der Waals surface area contributed by atoms with Crippen LogP contribution in [0.15, 0.2) is 24.3 Å². The number of imide groups is 1. The van der Waals surface area contributed by atoms with Gasteiger partial charge >= 0.3 is 12.2 Å². The molecular formula is C20H24F3N3O3. The van der Waals surface area contributed by atoms with E-state index >= 15 is 0 Å². The lowest BCUT2D eigenvalue weighted by Gasteiger charge is -2.30. The van der Waals surface area contributed by atoms with Gasteiger partial charge in [-0.25, -0.2) is 9.69 Å². The molecule has 1 saturated heterocycles. The van der Waals surface area contributed by atoms with Crippen molar-refractivity contribution in [3.63, 3.8) is 0 Å². The highest BCUT2D eigenvalue weighted by Gasteiger charge is 2.69. The van der Waals surface area contributed by atoms with Crippen molar-refractivity contribution < 1.29 is 27.6 Å². The molecular weight excluding hydrogens is 387 g/mol. The summed E-state index contributed by atoms with van der Waals surface area (Å²) in [5.41, 5.74) is -2.97. The van der Waals surface area contributed by atoms with Gasteiger partial charge in [0, 0.05) is 6.42 Å². The minimum Gasteiger partial charge on any atom is -0.318 e. The monoisotopic (exact) mass is 411 g/mol. The van der Waals surface area contributed by atoms with E-state index in [1.54, 1.807) is 29.7 Å². The number of alkyl halides is 3. The second-order valence-electron chi connectivity index (χ2n) is 7.70. The lowest BCUT2D eigenvalue weighted by molar-refractivity contribution is -0.201. The molecule has 1 aliphatic heterocycles. The Morgan fingerprint density at radius 1 is 1.21 bits per heavy atom. The molecule has 1 aliphatic carbocycles. The summed E-state index contributed by atoms with van der Waals surface area (Å²) in [6, 6.07) is 4.88. The molecule has 0 spiro atoms. The van der Waals surface area contributed by atoms with Crippen molar-refractivity contribution in [2.24, 2.45) is 5.92 Å². The Labute approximate surface area is 166 Å². The first kappa shape index (κ1) is 21.1. The summed E-state index contributed by atoms with van der Waals surface area (Å²) in [6.45, 7) is 1.58. The third kappa shape index (κ3) is 4.09. The van der Waals surface area contributed by atoms with Gasteiger partial charge in [-0.15, -0.1) is 0 Å². The fraction of sp³-hybridized carbons (Fsp3) is 0.550. The van der Waals surface area contributed by atoms with Gasteiger partial charge in [-0.05, 0) is 30.9 Å². The first-order valence-electron chi connectivity index (χ1n) is 9.76. The Hall–Kier alpha value is -2.58. The maximum atomic E-state index is 13.9. The van der Waals surface area contributed by atoms with Gasteiger partial charge in [0.1, 0.15) is 0 Å². The summed E-state index contributed by atoms with van der Waals surface area (Å²) in [5, 5.41) is 3.47. The number of halogens is 3. The zero-order valence-electron chi connectivity index (χ0n) is 16.1. The number of carbonyl (C=O) groups excluding carboxylic acids is 3. The van der Waals surface area contributed by atoms with Crippen LogP contribution >= 0.6 is 0 Å². The molecule has 0 radical (unpaired) electrons. The van der Waals surface area contributed by atoms with Crippen molar-refractivity contribution in [3.05, 3.63) is 29.8 Å². The number of urea groups is 1. The Morgan fingerprint density at radius 3 is 2.48 bits per heavy atom. The van der Waals surface area contributed by atoms with Crippen molar-refractivity contribution in [3.8, 4) is 0 Å². The Bertz CT molecular complexity index is 806. The number of para-hydroxylation sites is 1. The van der Waals surface area contributed by atoms with E-state index in [0.717, 1.165) is 32.1 Å². The standard InChI is InChI=1S/C20H24F3N3O3/c1-13-7-5-6-10-15(13)26-17(28)19(20(21,22)23,25-18(26)29)24-16(27)12-11-14-8-3-2-4-9-14/h5-7,10,14H,2-4,8-9,11-12H2,1H3,(H,24,27)(H,25,29)/t19-/m0/s1. The molecule has 1 saturated carbocycles. The molecule has 29 heavy (non-hydrogen) atoms. The van der Waals surface area contributed by atoms with E-state index < -0.39 is 29.7 Å². The highest BCUT2D eigenvalue weighted by molar-refractivity contribution is 6.24. The Kier molecular flexibility index (Phi) is 5.86. The van der Waals surface area contributed by atoms with Gasteiger partial charge in [0.25, 0.3) is 11.6 Å². The van der Waals surface area contributed by atoms with Crippen molar-refractivity contribution in [1.29, 1.82) is 0 Å². The maximum absolute atomic E-state index is 13.9. The van der Waals surface area contributed by atoms with Gasteiger partial charge in [-0.2, -0.15) is 13.2 Å². The van der Waals surface area contributed by atoms with E-state index in [2.05, 4.69) is 0 Å². The number of hydrogen-bond donors (Lipinski definition) is 2. The fourth-order valence-electron chi connectivity index (χ4n) is 3.99. The highest BCUT2D eigenvalue weighted by atomic mass is 19.4. The predicted octanol–water partition coefficient (Wildman–Crippen LogP) is 3.79. The minimum absolute atomic E-state index is 0.0394. The summed E-state index contributed by atoms with van der Waals surface area (Å²) in [5.74, 6) is -2.17. The third-order valence-corrected chi connectivity index (χ3v) is 5.63. The second-order valence-corrected chi connectivity index (χ2v) is 7.70. The van der Waals surface area contributed by atoms with Crippen LogP contribution in [0.1, 0.15) is 50.5 Å². The van der Waals surface area contributed by atoms with Crippen molar-refractivity contribution >= 4 is 23.5 Å². The van der Waals surface area contributed by atoms with Crippen LogP contribution in [-0.2, 0) is 9.59 Å². The summed E-state index contributed by atoms with van der Waals surface area (Å²) in [4.78, 5) is 37.9.